The van der Waals surface area contributed by atoms with Gasteiger partial charge in [-0.2, -0.15) is 5.26 Å². The van der Waals surface area contributed by atoms with E-state index < -0.39 is 0 Å². The minimum absolute atomic E-state index is 0.0134. The number of benzene rings is 2. The molecular weight excluding hydrogens is 336 g/mol. The van der Waals surface area contributed by atoms with Gasteiger partial charge in [0.1, 0.15) is 23.2 Å². The first-order chi connectivity index (χ1) is 13.1. The van der Waals surface area contributed by atoms with Gasteiger partial charge in [-0.25, -0.2) is 0 Å². The number of fused-ring (bicyclic) bond motifs is 1. The van der Waals surface area contributed by atoms with Crippen molar-refractivity contribution in [2.75, 3.05) is 18.0 Å². The Labute approximate surface area is 160 Å². The van der Waals surface area contributed by atoms with E-state index in [2.05, 4.69) is 24.8 Å². The molecule has 0 N–H and O–H groups in total. The summed E-state index contributed by atoms with van der Waals surface area (Å²) < 4.78 is 6.01. The molecule has 27 heavy (non-hydrogen) atoms. The van der Waals surface area contributed by atoms with Crippen LogP contribution in [-0.4, -0.2) is 18.9 Å². The van der Waals surface area contributed by atoms with Crippen LogP contribution >= 0.6 is 0 Å². The van der Waals surface area contributed by atoms with E-state index >= 15 is 0 Å². The molecule has 3 rings (SSSR count). The van der Waals surface area contributed by atoms with Crippen LogP contribution in [0.3, 0.4) is 0 Å². The summed E-state index contributed by atoms with van der Waals surface area (Å²) in [6.45, 7) is 7.95. The van der Waals surface area contributed by atoms with Crippen LogP contribution in [0.15, 0.2) is 65.9 Å². The molecule has 0 saturated heterocycles. The van der Waals surface area contributed by atoms with E-state index in [-0.39, 0.29) is 11.4 Å². The molecule has 0 aliphatic carbocycles. The number of carbonyl (C=O) groups excluding carboxylic acids is 1. The Morgan fingerprint density at radius 2 is 1.81 bits per heavy atom. The van der Waals surface area contributed by atoms with E-state index in [0.717, 1.165) is 29.9 Å². The largest absolute Gasteiger partial charge is 0.455 e. The second-order valence-electron chi connectivity index (χ2n) is 6.33. The summed E-state index contributed by atoms with van der Waals surface area (Å²) in [7, 11) is 0. The van der Waals surface area contributed by atoms with Gasteiger partial charge in [0.05, 0.1) is 0 Å². The van der Waals surface area contributed by atoms with E-state index in [9.17, 15) is 10.1 Å². The van der Waals surface area contributed by atoms with Crippen LogP contribution in [0.1, 0.15) is 36.7 Å². The first-order valence-electron chi connectivity index (χ1n) is 9.08. The van der Waals surface area contributed by atoms with Crippen molar-refractivity contribution in [1.82, 2.24) is 0 Å². The fourth-order valence-electron chi connectivity index (χ4n) is 3.20. The lowest BCUT2D eigenvalue weighted by Gasteiger charge is -2.25. The third-order valence-corrected chi connectivity index (χ3v) is 4.71. The zero-order chi connectivity index (χ0) is 19.4. The number of nitriles is 1. The Bertz CT molecular complexity index is 962. The number of hydrogen-bond donors (Lipinski definition) is 0. The minimum Gasteiger partial charge on any atom is -0.455 e. The lowest BCUT2D eigenvalue weighted by molar-refractivity contribution is 0.103. The number of anilines is 1. The maximum Gasteiger partial charge on any atom is 0.207 e. The smallest absolute Gasteiger partial charge is 0.207 e. The van der Waals surface area contributed by atoms with Crippen molar-refractivity contribution in [3.63, 3.8) is 0 Å². The molecule has 1 heterocycles. The average molecular weight is 358 g/mol. The number of rotatable bonds is 5. The molecule has 0 bridgehead atoms. The predicted molar refractivity (Wildman–Crippen MR) is 108 cm³/mol. The van der Waals surface area contributed by atoms with Gasteiger partial charge in [-0.1, -0.05) is 30.3 Å². The molecule has 0 radical (unpaired) electrons. The van der Waals surface area contributed by atoms with Gasteiger partial charge >= 0.3 is 0 Å². The van der Waals surface area contributed by atoms with Crippen molar-refractivity contribution in [2.45, 2.75) is 20.8 Å². The van der Waals surface area contributed by atoms with E-state index in [0.29, 0.717) is 17.1 Å². The predicted octanol–water partition coefficient (Wildman–Crippen LogP) is 4.99. The monoisotopic (exact) mass is 358 g/mol. The second-order valence-corrected chi connectivity index (χ2v) is 6.33. The van der Waals surface area contributed by atoms with Crippen LogP contribution in [-0.2, 0) is 0 Å². The van der Waals surface area contributed by atoms with E-state index in [1.165, 1.54) is 0 Å². The average Bonchev–Trinajstić information content (AvgIpc) is 2.70. The van der Waals surface area contributed by atoms with Crippen molar-refractivity contribution in [2.24, 2.45) is 0 Å². The van der Waals surface area contributed by atoms with E-state index in [1.54, 1.807) is 30.3 Å². The van der Waals surface area contributed by atoms with Crippen LogP contribution in [0.25, 0.3) is 5.57 Å². The first-order valence-corrected chi connectivity index (χ1v) is 9.08. The Morgan fingerprint density at radius 3 is 2.44 bits per heavy atom. The number of Topliss-reactive ketones (excluding diaryl/α,β-unsaturated/α-hetero) is 1. The lowest BCUT2D eigenvalue weighted by atomic mass is 9.98. The van der Waals surface area contributed by atoms with Crippen LogP contribution < -0.4 is 9.64 Å². The maximum absolute atomic E-state index is 12.8. The SMILES string of the molecule is CCN(CC)c1ccc2c(c1)OC(=C(C#N)C(=O)c1ccccc1)C=C2C. The number of hydrogen-bond acceptors (Lipinski definition) is 4. The minimum atomic E-state index is -0.333. The van der Waals surface area contributed by atoms with Gasteiger partial charge in [0.15, 0.2) is 0 Å². The molecule has 0 unspecified atom stereocenters. The Balaban J connectivity index is 2.04. The molecule has 1 aliphatic rings. The van der Waals surface area contributed by atoms with Gasteiger partial charge in [-0.3, -0.25) is 4.79 Å². The fraction of sp³-hybridized carbons (Fsp3) is 0.217. The molecule has 4 heteroatoms. The zero-order valence-electron chi connectivity index (χ0n) is 15.8. The fourth-order valence-corrected chi connectivity index (χ4v) is 3.20. The van der Waals surface area contributed by atoms with Crippen molar-refractivity contribution in [3.8, 4) is 11.8 Å². The summed E-state index contributed by atoms with van der Waals surface area (Å²) in [5, 5.41) is 9.62. The van der Waals surface area contributed by atoms with Crippen molar-refractivity contribution in [3.05, 3.63) is 77.1 Å². The van der Waals surface area contributed by atoms with Crippen molar-refractivity contribution >= 4 is 17.0 Å². The van der Waals surface area contributed by atoms with Gasteiger partial charge < -0.3 is 9.64 Å². The normalized spacial score (nSPS) is 14.4. The maximum atomic E-state index is 12.8. The summed E-state index contributed by atoms with van der Waals surface area (Å²) in [4.78, 5) is 15.0. The molecule has 0 aromatic heterocycles. The summed E-state index contributed by atoms with van der Waals surface area (Å²) in [5.41, 5.74) is 3.48. The summed E-state index contributed by atoms with van der Waals surface area (Å²) in [6.07, 6.45) is 1.76. The number of ether oxygens (including phenoxy) is 1. The highest BCUT2D eigenvalue weighted by molar-refractivity contribution is 6.12. The third-order valence-electron chi connectivity index (χ3n) is 4.71. The number of ketones is 1. The summed E-state index contributed by atoms with van der Waals surface area (Å²) >= 11 is 0. The molecule has 0 amide bonds. The number of carbonyl (C=O) groups is 1. The quantitative estimate of drug-likeness (QED) is 0.429. The highest BCUT2D eigenvalue weighted by Gasteiger charge is 2.23. The van der Waals surface area contributed by atoms with Crippen LogP contribution in [0, 0.1) is 11.3 Å². The molecule has 0 spiro atoms. The van der Waals surface area contributed by atoms with Crippen molar-refractivity contribution in [1.29, 1.82) is 5.26 Å². The first kappa shape index (κ1) is 18.5. The molecule has 2 aromatic carbocycles. The molecule has 0 fully saturated rings. The molecule has 2 aromatic rings. The number of allylic oxidation sites excluding steroid dienone is 3. The van der Waals surface area contributed by atoms with Gasteiger partial charge in [0.2, 0.25) is 5.78 Å². The van der Waals surface area contributed by atoms with Crippen LogP contribution in [0.5, 0.6) is 5.75 Å². The van der Waals surface area contributed by atoms with Crippen LogP contribution in [0.4, 0.5) is 5.69 Å². The van der Waals surface area contributed by atoms with Gasteiger partial charge in [0.25, 0.3) is 0 Å². The third kappa shape index (κ3) is 3.63. The molecule has 1 aliphatic heterocycles. The molecule has 0 atom stereocenters. The lowest BCUT2D eigenvalue weighted by Crippen LogP contribution is -2.22. The van der Waals surface area contributed by atoms with Gasteiger partial charge in [-0.15, -0.1) is 0 Å². The van der Waals surface area contributed by atoms with E-state index in [4.69, 9.17) is 4.74 Å². The summed E-state index contributed by atoms with van der Waals surface area (Å²) in [6, 6.07) is 16.9. The Hall–Kier alpha value is -3.32. The highest BCUT2D eigenvalue weighted by Crippen LogP contribution is 2.37. The molecule has 136 valence electrons. The van der Waals surface area contributed by atoms with Crippen LogP contribution in [0.2, 0.25) is 0 Å². The van der Waals surface area contributed by atoms with E-state index in [1.807, 2.05) is 31.2 Å². The molecular formula is C23H22N2O2. The second kappa shape index (κ2) is 7.92. The Kier molecular flexibility index (Phi) is 5.42. The molecule has 4 nitrogen and oxygen atoms in total. The number of nitrogens with zero attached hydrogens (tertiary/aromatic N) is 2. The zero-order valence-corrected chi connectivity index (χ0v) is 15.8. The van der Waals surface area contributed by atoms with Gasteiger partial charge in [0, 0.05) is 36.0 Å². The highest BCUT2D eigenvalue weighted by atomic mass is 16.5. The van der Waals surface area contributed by atoms with Crippen molar-refractivity contribution < 1.29 is 9.53 Å². The van der Waals surface area contributed by atoms with Gasteiger partial charge in [-0.05, 0) is 44.6 Å². The topological polar surface area (TPSA) is 53.3 Å². The molecule has 0 saturated carbocycles. The summed E-state index contributed by atoms with van der Waals surface area (Å²) in [5.74, 6) is 0.636. The Morgan fingerprint density at radius 1 is 1.11 bits per heavy atom. The standard InChI is InChI=1S/C23H22N2O2/c1-4-25(5-2)18-11-12-19-16(3)13-21(27-22(19)14-18)20(15-24)23(26)17-9-7-6-8-10-17/h6-14H,4-5H2,1-3H3.